The number of nitrogens with zero attached hydrogens (tertiary/aromatic N) is 2. The van der Waals surface area contributed by atoms with Gasteiger partial charge >= 0.3 is 0 Å². The molecule has 1 heterocycles. The zero-order valence-electron chi connectivity index (χ0n) is 24.7. The summed E-state index contributed by atoms with van der Waals surface area (Å²) in [4.78, 5) is 9.95. The van der Waals surface area contributed by atoms with Crippen molar-refractivity contribution in [2.24, 2.45) is 9.98 Å². The topological polar surface area (TPSA) is 61.6 Å². The summed E-state index contributed by atoms with van der Waals surface area (Å²) in [6, 6.07) is 32.4. The number of benzene rings is 4. The summed E-state index contributed by atoms with van der Waals surface area (Å²) in [6.07, 6.45) is -0.908. The molecule has 6 nitrogen and oxygen atoms in total. The van der Waals surface area contributed by atoms with Crippen LogP contribution in [0.15, 0.2) is 107 Å². The minimum absolute atomic E-state index is 0.302. The number of para-hydroxylation sites is 2. The lowest BCUT2D eigenvalue weighted by Crippen LogP contribution is -2.49. The van der Waals surface area contributed by atoms with Gasteiger partial charge in [-0.25, -0.2) is 9.98 Å². The van der Waals surface area contributed by atoms with Crippen LogP contribution in [0.25, 0.3) is 0 Å². The Morgan fingerprint density at radius 3 is 1.21 bits per heavy atom. The Morgan fingerprint density at radius 1 is 0.500 bits per heavy atom. The van der Waals surface area contributed by atoms with E-state index in [9.17, 15) is 0 Å². The van der Waals surface area contributed by atoms with Gasteiger partial charge in [0.15, 0.2) is 12.2 Å². The van der Waals surface area contributed by atoms with Crippen molar-refractivity contribution in [3.63, 3.8) is 0 Å². The van der Waals surface area contributed by atoms with E-state index in [1.807, 2.05) is 125 Å². The van der Waals surface area contributed by atoms with Gasteiger partial charge in [-0.05, 0) is 61.1 Å². The Labute approximate surface area is 248 Å². The van der Waals surface area contributed by atoms with Crippen molar-refractivity contribution in [2.75, 3.05) is 13.2 Å². The molecule has 216 valence electrons. The van der Waals surface area contributed by atoms with Crippen LogP contribution in [0.1, 0.15) is 33.4 Å². The zero-order chi connectivity index (χ0) is 29.3. The summed E-state index contributed by atoms with van der Waals surface area (Å²) < 4.78 is 25.5. The normalized spacial score (nSPS) is 18.6. The number of aliphatic imine (C=N–C) groups is 2. The molecule has 1 aliphatic heterocycles. The molecule has 0 saturated carbocycles. The van der Waals surface area contributed by atoms with Crippen molar-refractivity contribution in [1.82, 2.24) is 0 Å². The van der Waals surface area contributed by atoms with Crippen molar-refractivity contribution >= 4 is 23.2 Å². The summed E-state index contributed by atoms with van der Waals surface area (Å²) in [5, 5.41) is 0. The molecule has 0 aromatic heterocycles. The van der Waals surface area contributed by atoms with Gasteiger partial charge in [-0.15, -0.1) is 0 Å². The molecule has 4 aromatic carbocycles. The molecular weight excluding hydrogens is 524 g/mol. The second kappa shape index (κ2) is 14.1. The number of aryl methyl sites for hydroxylation is 4. The number of hydrogen-bond acceptors (Lipinski definition) is 6. The van der Waals surface area contributed by atoms with Crippen molar-refractivity contribution in [1.29, 1.82) is 0 Å². The van der Waals surface area contributed by atoms with Gasteiger partial charge in [0.1, 0.15) is 0 Å². The third-order valence-electron chi connectivity index (χ3n) is 7.22. The maximum atomic E-state index is 6.61. The van der Waals surface area contributed by atoms with Gasteiger partial charge in [-0.2, -0.15) is 0 Å². The minimum Gasteiger partial charge on any atom is -0.464 e. The van der Waals surface area contributed by atoms with Crippen LogP contribution >= 0.6 is 0 Å². The SMILES string of the molecule is Cc1cccc(C)c1/N=C1\OC(COCc2ccccc2)C(COCc2ccccc2)O\C1=N\c1c(C)cccc1C. The Balaban J connectivity index is 1.46. The average Bonchev–Trinajstić information content (AvgIpc) is 2.99. The number of rotatable bonds is 10. The highest BCUT2D eigenvalue weighted by molar-refractivity contribution is 6.37. The third kappa shape index (κ3) is 7.52. The molecule has 5 rings (SSSR count). The first-order valence-corrected chi connectivity index (χ1v) is 14.3. The molecule has 0 N–H and O–H groups in total. The zero-order valence-corrected chi connectivity index (χ0v) is 24.7. The van der Waals surface area contributed by atoms with Gasteiger partial charge in [0.2, 0.25) is 0 Å². The van der Waals surface area contributed by atoms with E-state index in [1.54, 1.807) is 0 Å². The maximum Gasteiger partial charge on any atom is 0.279 e. The quantitative estimate of drug-likeness (QED) is 0.197. The van der Waals surface area contributed by atoms with Crippen molar-refractivity contribution in [2.45, 2.75) is 53.1 Å². The maximum absolute atomic E-state index is 6.61. The first kappa shape index (κ1) is 29.2. The molecule has 0 aliphatic carbocycles. The lowest BCUT2D eigenvalue weighted by Gasteiger charge is -2.34. The van der Waals surface area contributed by atoms with E-state index < -0.39 is 12.2 Å². The van der Waals surface area contributed by atoms with Crippen LogP contribution in [0.2, 0.25) is 0 Å². The molecule has 0 spiro atoms. The Hall–Kier alpha value is -4.26. The van der Waals surface area contributed by atoms with Gasteiger partial charge in [0.05, 0.1) is 37.8 Å². The standard InChI is InChI=1S/C36H38N2O4/c1-25-13-11-14-26(2)33(25)37-35-36(38-34-27(3)15-12-16-28(34)4)42-32(24-40-22-30-19-9-6-10-20-30)31(41-35)23-39-21-29-17-7-5-8-18-29/h5-20,31-32H,21-24H2,1-4H3/b37-35-,38-36+. The van der Waals surface area contributed by atoms with E-state index in [1.165, 1.54) is 0 Å². The highest BCUT2D eigenvalue weighted by atomic mass is 16.6. The predicted octanol–water partition coefficient (Wildman–Crippen LogP) is 7.90. The van der Waals surface area contributed by atoms with Crippen LogP contribution in [0.4, 0.5) is 11.4 Å². The lowest BCUT2D eigenvalue weighted by molar-refractivity contribution is -0.0750. The fourth-order valence-corrected chi connectivity index (χ4v) is 4.87. The van der Waals surface area contributed by atoms with E-state index in [4.69, 9.17) is 28.9 Å². The smallest absolute Gasteiger partial charge is 0.279 e. The lowest BCUT2D eigenvalue weighted by atomic mass is 10.1. The summed E-state index contributed by atoms with van der Waals surface area (Å²) in [5.41, 5.74) is 8.04. The van der Waals surface area contributed by atoms with Crippen LogP contribution in [0.3, 0.4) is 0 Å². The predicted molar refractivity (Wildman–Crippen MR) is 168 cm³/mol. The highest BCUT2D eigenvalue weighted by Gasteiger charge is 2.37. The van der Waals surface area contributed by atoms with Crippen LogP contribution in [0, 0.1) is 27.7 Å². The van der Waals surface area contributed by atoms with Crippen molar-refractivity contribution in [3.05, 3.63) is 130 Å². The molecule has 2 unspecified atom stereocenters. The van der Waals surface area contributed by atoms with E-state index in [2.05, 4.69) is 0 Å². The van der Waals surface area contributed by atoms with E-state index in [-0.39, 0.29) is 0 Å². The van der Waals surface area contributed by atoms with E-state index in [0.717, 1.165) is 44.8 Å². The highest BCUT2D eigenvalue weighted by Crippen LogP contribution is 2.29. The Kier molecular flexibility index (Phi) is 9.80. The number of hydrogen-bond donors (Lipinski definition) is 0. The van der Waals surface area contributed by atoms with E-state index in [0.29, 0.717) is 38.2 Å². The van der Waals surface area contributed by atoms with Gasteiger partial charge in [0.25, 0.3) is 11.8 Å². The van der Waals surface area contributed by atoms with Crippen molar-refractivity contribution in [3.8, 4) is 0 Å². The summed E-state index contributed by atoms with van der Waals surface area (Å²) in [7, 11) is 0. The number of ether oxygens (including phenoxy) is 4. The molecule has 1 saturated heterocycles. The third-order valence-corrected chi connectivity index (χ3v) is 7.22. The van der Waals surface area contributed by atoms with Gasteiger partial charge in [-0.1, -0.05) is 97.1 Å². The summed E-state index contributed by atoms with van der Waals surface area (Å²) in [5.74, 6) is 0.672. The van der Waals surface area contributed by atoms with E-state index >= 15 is 0 Å². The van der Waals surface area contributed by atoms with Crippen LogP contribution in [-0.2, 0) is 32.2 Å². The van der Waals surface area contributed by atoms with Crippen LogP contribution in [0.5, 0.6) is 0 Å². The molecule has 1 fully saturated rings. The van der Waals surface area contributed by atoms with Crippen LogP contribution < -0.4 is 0 Å². The van der Waals surface area contributed by atoms with Gasteiger partial charge in [0, 0.05) is 0 Å². The molecule has 6 heteroatoms. The first-order valence-electron chi connectivity index (χ1n) is 14.3. The summed E-state index contributed by atoms with van der Waals surface area (Å²) >= 11 is 0. The second-order valence-electron chi connectivity index (χ2n) is 10.6. The Morgan fingerprint density at radius 2 is 0.857 bits per heavy atom. The Bertz CT molecular complexity index is 1380. The molecule has 42 heavy (non-hydrogen) atoms. The first-order chi connectivity index (χ1) is 20.5. The average molecular weight is 563 g/mol. The monoisotopic (exact) mass is 562 g/mol. The second-order valence-corrected chi connectivity index (χ2v) is 10.6. The molecule has 0 amide bonds. The fourth-order valence-electron chi connectivity index (χ4n) is 4.87. The molecule has 0 bridgehead atoms. The fraction of sp³-hybridized carbons (Fsp3) is 0.278. The molecule has 1 aliphatic rings. The molecule has 2 atom stereocenters. The van der Waals surface area contributed by atoms with Gasteiger partial charge in [-0.3, -0.25) is 0 Å². The van der Waals surface area contributed by atoms with Crippen LogP contribution in [-0.4, -0.2) is 37.2 Å². The largest absolute Gasteiger partial charge is 0.464 e. The molecular formula is C36H38N2O4. The molecule has 0 radical (unpaired) electrons. The minimum atomic E-state index is -0.454. The van der Waals surface area contributed by atoms with Gasteiger partial charge < -0.3 is 18.9 Å². The molecule has 4 aromatic rings. The van der Waals surface area contributed by atoms with Crippen molar-refractivity contribution < 1.29 is 18.9 Å². The summed E-state index contributed by atoms with van der Waals surface area (Å²) in [6.45, 7) is 9.69.